The number of nitrogens with zero attached hydrogens (tertiary/aromatic N) is 3. The Balaban J connectivity index is 1.57. The van der Waals surface area contributed by atoms with E-state index in [0.717, 1.165) is 33.6 Å². The number of methoxy groups -OCH3 is 1. The number of aliphatic imine (C=N–C) groups is 1. The van der Waals surface area contributed by atoms with Crippen LogP contribution < -0.4 is 10.1 Å². The zero-order valence-corrected chi connectivity index (χ0v) is 14.8. The number of hydrogen-bond donors (Lipinski definition) is 1. The first-order valence-electron chi connectivity index (χ1n) is 8.54. The molecule has 0 radical (unpaired) electrons. The van der Waals surface area contributed by atoms with Crippen LogP contribution in [-0.4, -0.2) is 35.6 Å². The van der Waals surface area contributed by atoms with Crippen molar-refractivity contribution < 1.29 is 9.47 Å². The van der Waals surface area contributed by atoms with Gasteiger partial charge in [-0.05, 0) is 42.6 Å². The van der Waals surface area contributed by atoms with Gasteiger partial charge in [-0.25, -0.2) is 4.98 Å². The van der Waals surface area contributed by atoms with Crippen LogP contribution >= 0.6 is 0 Å². The van der Waals surface area contributed by atoms with Crippen LogP contribution in [0.2, 0.25) is 0 Å². The summed E-state index contributed by atoms with van der Waals surface area (Å²) in [6.07, 6.45) is 3.56. The number of nitrogens with one attached hydrogen (secondary N) is 1. The molecule has 3 heterocycles. The van der Waals surface area contributed by atoms with Gasteiger partial charge in [0.1, 0.15) is 12.3 Å². The molecule has 0 unspecified atom stereocenters. The maximum atomic E-state index is 5.80. The van der Waals surface area contributed by atoms with Gasteiger partial charge in [0, 0.05) is 36.1 Å². The molecule has 1 aliphatic heterocycles. The number of anilines is 1. The van der Waals surface area contributed by atoms with E-state index < -0.39 is 0 Å². The van der Waals surface area contributed by atoms with E-state index in [0.29, 0.717) is 19.0 Å². The molecule has 26 heavy (non-hydrogen) atoms. The molecule has 1 N–H and O–H groups in total. The van der Waals surface area contributed by atoms with E-state index >= 15 is 0 Å². The molecule has 0 aliphatic carbocycles. The van der Waals surface area contributed by atoms with E-state index in [4.69, 9.17) is 9.47 Å². The standard InChI is InChI=1S/C20H20N4O2/c1-13(25-2)12-26-20-17-6-5-16(10-14(17)7-9-22-20)24-19-18-15(11-23-19)4-3-8-21-18/h3-10,13H,11-12H2,1-2H3,(H,23,24)/t13-/m1/s1. The second-order valence-corrected chi connectivity index (χ2v) is 6.21. The van der Waals surface area contributed by atoms with Gasteiger partial charge in [0.05, 0.1) is 12.6 Å². The minimum absolute atomic E-state index is 0.0148. The Labute approximate surface area is 151 Å². The molecule has 0 spiro atoms. The van der Waals surface area contributed by atoms with E-state index in [2.05, 4.69) is 32.4 Å². The third kappa shape index (κ3) is 3.23. The lowest BCUT2D eigenvalue weighted by Crippen LogP contribution is -2.16. The quantitative estimate of drug-likeness (QED) is 0.765. The van der Waals surface area contributed by atoms with Crippen molar-refractivity contribution in [3.05, 3.63) is 60.0 Å². The fourth-order valence-electron chi connectivity index (χ4n) is 2.86. The summed E-state index contributed by atoms with van der Waals surface area (Å²) in [5, 5.41) is 5.39. The Morgan fingerprint density at radius 2 is 2.08 bits per heavy atom. The van der Waals surface area contributed by atoms with Gasteiger partial charge in [0.15, 0.2) is 5.84 Å². The van der Waals surface area contributed by atoms with Gasteiger partial charge in [-0.15, -0.1) is 0 Å². The summed E-state index contributed by atoms with van der Waals surface area (Å²) in [5.41, 5.74) is 3.01. The van der Waals surface area contributed by atoms with Crippen molar-refractivity contribution in [1.82, 2.24) is 9.97 Å². The molecule has 0 saturated carbocycles. The number of ether oxygens (including phenoxy) is 2. The second-order valence-electron chi connectivity index (χ2n) is 6.21. The molecule has 6 nitrogen and oxygen atoms in total. The van der Waals surface area contributed by atoms with E-state index in [1.165, 1.54) is 0 Å². The molecule has 0 bridgehead atoms. The Bertz CT molecular complexity index is 971. The fraction of sp³-hybridized carbons (Fsp3) is 0.250. The average molecular weight is 348 g/mol. The molecular formula is C20H20N4O2. The minimum Gasteiger partial charge on any atom is -0.474 e. The van der Waals surface area contributed by atoms with Gasteiger partial charge in [-0.2, -0.15) is 0 Å². The normalized spacial score (nSPS) is 14.0. The summed E-state index contributed by atoms with van der Waals surface area (Å²) in [7, 11) is 1.67. The van der Waals surface area contributed by atoms with Crippen LogP contribution in [0.3, 0.4) is 0 Å². The Morgan fingerprint density at radius 3 is 2.96 bits per heavy atom. The van der Waals surface area contributed by atoms with Crippen molar-refractivity contribution in [3.63, 3.8) is 0 Å². The molecule has 1 aromatic carbocycles. The Morgan fingerprint density at radius 1 is 1.15 bits per heavy atom. The first-order chi connectivity index (χ1) is 12.7. The maximum absolute atomic E-state index is 5.80. The van der Waals surface area contributed by atoms with E-state index in [9.17, 15) is 0 Å². The van der Waals surface area contributed by atoms with Crippen LogP contribution in [0, 0.1) is 0 Å². The zero-order chi connectivity index (χ0) is 17.9. The Hall–Kier alpha value is -2.99. The topological polar surface area (TPSA) is 68.6 Å². The number of benzene rings is 1. The lowest BCUT2D eigenvalue weighted by Gasteiger charge is -2.13. The summed E-state index contributed by atoms with van der Waals surface area (Å²) in [5.74, 6) is 1.42. The SMILES string of the molecule is CO[C@H](C)COc1nccc2cc(NC3=NCc4cccnc43)ccc12. The number of amidine groups is 1. The van der Waals surface area contributed by atoms with Crippen molar-refractivity contribution in [2.24, 2.45) is 4.99 Å². The second kappa shape index (κ2) is 7.09. The highest BCUT2D eigenvalue weighted by molar-refractivity contribution is 6.10. The van der Waals surface area contributed by atoms with Crippen LogP contribution in [0.1, 0.15) is 18.2 Å². The summed E-state index contributed by atoms with van der Waals surface area (Å²) in [4.78, 5) is 13.3. The van der Waals surface area contributed by atoms with E-state index in [1.54, 1.807) is 19.5 Å². The summed E-state index contributed by atoms with van der Waals surface area (Å²) in [6, 6.07) is 12.0. The average Bonchev–Trinajstić information content (AvgIpc) is 3.08. The van der Waals surface area contributed by atoms with Crippen molar-refractivity contribution >= 4 is 22.3 Å². The molecule has 1 aliphatic rings. The monoisotopic (exact) mass is 348 g/mol. The highest BCUT2D eigenvalue weighted by atomic mass is 16.5. The van der Waals surface area contributed by atoms with Crippen LogP contribution in [-0.2, 0) is 11.3 Å². The lowest BCUT2D eigenvalue weighted by molar-refractivity contribution is 0.0706. The summed E-state index contributed by atoms with van der Waals surface area (Å²) in [6.45, 7) is 3.09. The van der Waals surface area contributed by atoms with E-state index in [1.807, 2.05) is 31.2 Å². The smallest absolute Gasteiger partial charge is 0.221 e. The molecule has 6 heteroatoms. The first-order valence-corrected chi connectivity index (χ1v) is 8.54. The number of hydrogen-bond acceptors (Lipinski definition) is 6. The molecule has 0 amide bonds. The van der Waals surface area contributed by atoms with Crippen LogP contribution in [0.5, 0.6) is 5.88 Å². The summed E-state index contributed by atoms with van der Waals surface area (Å²) < 4.78 is 11.0. The molecule has 0 saturated heterocycles. The van der Waals surface area contributed by atoms with Gasteiger partial charge in [0.2, 0.25) is 5.88 Å². The maximum Gasteiger partial charge on any atom is 0.221 e. The van der Waals surface area contributed by atoms with Crippen molar-refractivity contribution in [2.45, 2.75) is 19.6 Å². The minimum atomic E-state index is 0.0148. The van der Waals surface area contributed by atoms with Crippen LogP contribution in [0.15, 0.2) is 53.8 Å². The predicted molar refractivity (Wildman–Crippen MR) is 102 cm³/mol. The number of aromatic nitrogens is 2. The van der Waals surface area contributed by atoms with Gasteiger partial charge < -0.3 is 14.8 Å². The molecular weight excluding hydrogens is 328 g/mol. The van der Waals surface area contributed by atoms with Crippen molar-refractivity contribution in [2.75, 3.05) is 19.0 Å². The fourth-order valence-corrected chi connectivity index (χ4v) is 2.86. The zero-order valence-electron chi connectivity index (χ0n) is 14.8. The molecule has 2 aromatic heterocycles. The van der Waals surface area contributed by atoms with Gasteiger partial charge in [0.25, 0.3) is 0 Å². The van der Waals surface area contributed by atoms with Crippen molar-refractivity contribution in [3.8, 4) is 5.88 Å². The number of fused-ring (bicyclic) bond motifs is 2. The Kier molecular flexibility index (Phi) is 4.50. The molecule has 3 aromatic rings. The first kappa shape index (κ1) is 16.5. The third-order valence-corrected chi connectivity index (χ3v) is 4.37. The van der Waals surface area contributed by atoms with Crippen LogP contribution in [0.4, 0.5) is 5.69 Å². The summed E-state index contributed by atoms with van der Waals surface area (Å²) >= 11 is 0. The highest BCUT2D eigenvalue weighted by Crippen LogP contribution is 2.27. The largest absolute Gasteiger partial charge is 0.474 e. The lowest BCUT2D eigenvalue weighted by atomic mass is 10.1. The molecule has 0 fully saturated rings. The molecule has 1 atom stereocenters. The van der Waals surface area contributed by atoms with Crippen LogP contribution in [0.25, 0.3) is 10.8 Å². The van der Waals surface area contributed by atoms with Gasteiger partial charge in [-0.3, -0.25) is 9.98 Å². The molecule has 4 rings (SSSR count). The molecule has 132 valence electrons. The van der Waals surface area contributed by atoms with Gasteiger partial charge >= 0.3 is 0 Å². The van der Waals surface area contributed by atoms with Crippen molar-refractivity contribution in [1.29, 1.82) is 0 Å². The van der Waals surface area contributed by atoms with E-state index in [-0.39, 0.29) is 6.10 Å². The number of rotatable bonds is 5. The highest BCUT2D eigenvalue weighted by Gasteiger charge is 2.17. The third-order valence-electron chi connectivity index (χ3n) is 4.37. The number of pyridine rings is 2. The predicted octanol–water partition coefficient (Wildman–Crippen LogP) is 3.42. The van der Waals surface area contributed by atoms with Gasteiger partial charge in [-0.1, -0.05) is 6.07 Å².